The second kappa shape index (κ2) is 5.71. The number of hydrogen-bond donors (Lipinski definition) is 2. The Morgan fingerprint density at radius 3 is 2.71 bits per heavy atom. The van der Waals surface area contributed by atoms with Crippen molar-refractivity contribution in [3.05, 3.63) is 54.7 Å². The van der Waals surface area contributed by atoms with Gasteiger partial charge in [0, 0.05) is 11.8 Å². The number of rotatable bonds is 4. The third kappa shape index (κ3) is 2.74. The van der Waals surface area contributed by atoms with E-state index in [-0.39, 0.29) is 5.75 Å². The van der Waals surface area contributed by atoms with Crippen molar-refractivity contribution >= 4 is 0 Å². The van der Waals surface area contributed by atoms with Crippen LogP contribution < -0.4 is 4.74 Å². The summed E-state index contributed by atoms with van der Waals surface area (Å²) in [5.74, 6) is 1.50. The standard InChI is InChI=1S/C17H16N2O2/c1-2-21-13-8-9-16(20)14(10-13)17-18-11-15(19-17)12-6-4-3-5-7-12/h3-11,20H,2H2,1H3,(H,18,19). The number of imidazole rings is 1. The highest BCUT2D eigenvalue weighted by molar-refractivity contribution is 5.69. The van der Waals surface area contributed by atoms with Gasteiger partial charge in [0.2, 0.25) is 0 Å². The van der Waals surface area contributed by atoms with Gasteiger partial charge in [0.15, 0.2) is 0 Å². The van der Waals surface area contributed by atoms with Gasteiger partial charge < -0.3 is 14.8 Å². The lowest BCUT2D eigenvalue weighted by Crippen LogP contribution is -1.92. The molecular weight excluding hydrogens is 264 g/mol. The maximum absolute atomic E-state index is 10.0. The Morgan fingerprint density at radius 2 is 1.95 bits per heavy atom. The van der Waals surface area contributed by atoms with Crippen LogP contribution in [0.2, 0.25) is 0 Å². The Kier molecular flexibility index (Phi) is 3.60. The van der Waals surface area contributed by atoms with E-state index in [9.17, 15) is 5.11 Å². The van der Waals surface area contributed by atoms with Crippen molar-refractivity contribution in [2.45, 2.75) is 6.92 Å². The quantitative estimate of drug-likeness (QED) is 0.763. The summed E-state index contributed by atoms with van der Waals surface area (Å²) < 4.78 is 5.46. The van der Waals surface area contributed by atoms with E-state index in [4.69, 9.17) is 4.74 Å². The Labute approximate surface area is 123 Å². The molecule has 3 rings (SSSR count). The van der Waals surface area contributed by atoms with Crippen LogP contribution in [-0.4, -0.2) is 21.7 Å². The van der Waals surface area contributed by atoms with Gasteiger partial charge in [-0.1, -0.05) is 30.3 Å². The molecule has 0 spiro atoms. The highest BCUT2D eigenvalue weighted by atomic mass is 16.5. The highest BCUT2D eigenvalue weighted by Gasteiger charge is 2.11. The van der Waals surface area contributed by atoms with Gasteiger partial charge in [-0.2, -0.15) is 0 Å². The van der Waals surface area contributed by atoms with E-state index in [1.807, 2.05) is 43.5 Å². The van der Waals surface area contributed by atoms with E-state index < -0.39 is 0 Å². The van der Waals surface area contributed by atoms with Crippen LogP contribution in [0.1, 0.15) is 6.92 Å². The number of aromatic amines is 1. The van der Waals surface area contributed by atoms with Crippen LogP contribution in [0, 0.1) is 0 Å². The van der Waals surface area contributed by atoms with Gasteiger partial charge in [0.25, 0.3) is 0 Å². The molecule has 0 bridgehead atoms. The highest BCUT2D eigenvalue weighted by Crippen LogP contribution is 2.32. The summed E-state index contributed by atoms with van der Waals surface area (Å²) in [6.45, 7) is 2.50. The number of hydrogen-bond acceptors (Lipinski definition) is 3. The summed E-state index contributed by atoms with van der Waals surface area (Å²) in [5.41, 5.74) is 2.50. The molecule has 0 atom stereocenters. The second-order valence-electron chi connectivity index (χ2n) is 4.61. The molecule has 3 aromatic rings. The number of benzene rings is 2. The molecule has 0 aliphatic heterocycles. The Hall–Kier alpha value is -2.75. The van der Waals surface area contributed by atoms with Gasteiger partial charge in [-0.05, 0) is 25.1 Å². The van der Waals surface area contributed by atoms with Crippen LogP contribution in [0.25, 0.3) is 22.6 Å². The van der Waals surface area contributed by atoms with Gasteiger partial charge in [-0.25, -0.2) is 4.98 Å². The predicted molar refractivity (Wildman–Crippen MR) is 82.3 cm³/mol. The van der Waals surface area contributed by atoms with Crippen molar-refractivity contribution in [1.29, 1.82) is 0 Å². The van der Waals surface area contributed by atoms with Gasteiger partial charge in [-0.15, -0.1) is 0 Å². The van der Waals surface area contributed by atoms with Crippen molar-refractivity contribution in [3.63, 3.8) is 0 Å². The maximum atomic E-state index is 10.0. The third-order valence-electron chi connectivity index (χ3n) is 3.18. The maximum Gasteiger partial charge on any atom is 0.141 e. The van der Waals surface area contributed by atoms with Crippen LogP contribution in [0.3, 0.4) is 0 Å². The summed E-state index contributed by atoms with van der Waals surface area (Å²) in [4.78, 5) is 7.65. The molecule has 0 saturated carbocycles. The average Bonchev–Trinajstić information content (AvgIpc) is 3.00. The predicted octanol–water partition coefficient (Wildman–Crippen LogP) is 3.85. The molecule has 21 heavy (non-hydrogen) atoms. The molecular formula is C17H16N2O2. The summed E-state index contributed by atoms with van der Waals surface area (Å²) in [6.07, 6.45) is 1.83. The van der Waals surface area contributed by atoms with Crippen LogP contribution in [0.4, 0.5) is 0 Å². The monoisotopic (exact) mass is 280 g/mol. The molecule has 1 heterocycles. The molecule has 0 unspecified atom stereocenters. The van der Waals surface area contributed by atoms with Crippen molar-refractivity contribution in [1.82, 2.24) is 9.97 Å². The molecule has 106 valence electrons. The van der Waals surface area contributed by atoms with Gasteiger partial charge >= 0.3 is 0 Å². The zero-order chi connectivity index (χ0) is 14.7. The van der Waals surface area contributed by atoms with Crippen LogP contribution in [-0.2, 0) is 0 Å². The molecule has 1 aromatic heterocycles. The molecule has 0 radical (unpaired) electrons. The van der Waals surface area contributed by atoms with E-state index in [1.54, 1.807) is 18.2 Å². The molecule has 0 aliphatic carbocycles. The summed E-state index contributed by atoms with van der Waals surface area (Å²) >= 11 is 0. The molecule has 0 fully saturated rings. The van der Waals surface area contributed by atoms with Gasteiger partial charge in [-0.3, -0.25) is 0 Å². The summed E-state index contributed by atoms with van der Waals surface area (Å²) in [5, 5.41) is 10.0. The minimum absolute atomic E-state index is 0.174. The largest absolute Gasteiger partial charge is 0.507 e. The fraction of sp³-hybridized carbons (Fsp3) is 0.118. The SMILES string of the molecule is CCOc1ccc(O)c(-c2nc(-c3ccccc3)c[nH]2)c1. The molecule has 0 saturated heterocycles. The van der Waals surface area contributed by atoms with Crippen molar-refractivity contribution in [2.75, 3.05) is 6.61 Å². The zero-order valence-electron chi connectivity index (χ0n) is 11.7. The number of ether oxygens (including phenoxy) is 1. The first-order valence-electron chi connectivity index (χ1n) is 6.85. The molecule has 0 amide bonds. The van der Waals surface area contributed by atoms with E-state index in [2.05, 4.69) is 9.97 Å². The number of phenols is 1. The third-order valence-corrected chi connectivity index (χ3v) is 3.18. The first-order chi connectivity index (χ1) is 10.3. The lowest BCUT2D eigenvalue weighted by Gasteiger charge is -2.06. The van der Waals surface area contributed by atoms with Crippen molar-refractivity contribution in [3.8, 4) is 34.1 Å². The smallest absolute Gasteiger partial charge is 0.141 e. The van der Waals surface area contributed by atoms with Crippen molar-refractivity contribution in [2.24, 2.45) is 0 Å². The summed E-state index contributed by atoms with van der Waals surface area (Å²) in [7, 11) is 0. The van der Waals surface area contributed by atoms with Crippen LogP contribution in [0.15, 0.2) is 54.7 Å². The van der Waals surface area contributed by atoms with Gasteiger partial charge in [0.1, 0.15) is 17.3 Å². The lowest BCUT2D eigenvalue weighted by molar-refractivity contribution is 0.339. The number of H-pyrrole nitrogens is 1. The first-order valence-corrected chi connectivity index (χ1v) is 6.85. The Balaban J connectivity index is 1.98. The van der Waals surface area contributed by atoms with E-state index in [0.29, 0.717) is 23.7 Å². The van der Waals surface area contributed by atoms with Crippen molar-refractivity contribution < 1.29 is 9.84 Å². The summed E-state index contributed by atoms with van der Waals surface area (Å²) in [6, 6.07) is 15.0. The minimum Gasteiger partial charge on any atom is -0.507 e. The minimum atomic E-state index is 0.174. The molecule has 0 aliphatic rings. The van der Waals surface area contributed by atoms with E-state index in [1.165, 1.54) is 0 Å². The Morgan fingerprint density at radius 1 is 1.14 bits per heavy atom. The van der Waals surface area contributed by atoms with Crippen LogP contribution >= 0.6 is 0 Å². The number of aromatic hydroxyl groups is 1. The lowest BCUT2D eigenvalue weighted by atomic mass is 10.1. The molecule has 2 N–H and O–H groups in total. The zero-order valence-corrected chi connectivity index (χ0v) is 11.7. The van der Waals surface area contributed by atoms with Crippen LogP contribution in [0.5, 0.6) is 11.5 Å². The number of nitrogens with zero attached hydrogens (tertiary/aromatic N) is 1. The second-order valence-corrected chi connectivity index (χ2v) is 4.61. The normalized spacial score (nSPS) is 10.5. The van der Waals surface area contributed by atoms with E-state index in [0.717, 1.165) is 11.3 Å². The Bertz CT molecular complexity index is 736. The number of nitrogens with one attached hydrogen (secondary N) is 1. The fourth-order valence-corrected chi connectivity index (χ4v) is 2.18. The first kappa shape index (κ1) is 13.2. The average molecular weight is 280 g/mol. The topological polar surface area (TPSA) is 58.1 Å². The molecule has 2 aromatic carbocycles. The molecule has 4 nitrogen and oxygen atoms in total. The number of phenolic OH excluding ortho intramolecular Hbond substituents is 1. The van der Waals surface area contributed by atoms with Gasteiger partial charge in [0.05, 0.1) is 17.9 Å². The van der Waals surface area contributed by atoms with E-state index >= 15 is 0 Å². The number of aromatic nitrogens is 2. The fourth-order valence-electron chi connectivity index (χ4n) is 2.18. The molecule has 4 heteroatoms.